The van der Waals surface area contributed by atoms with Crippen molar-refractivity contribution in [1.82, 2.24) is 0 Å². The third-order valence-corrected chi connectivity index (χ3v) is 20.2. The highest BCUT2D eigenvalue weighted by molar-refractivity contribution is 5.75. The molecule has 0 saturated carbocycles. The number of hydrogen-bond acceptors (Lipinski definition) is 20. The van der Waals surface area contributed by atoms with Gasteiger partial charge >= 0.3 is 23.9 Å². The van der Waals surface area contributed by atoms with E-state index in [2.05, 4.69) is 0 Å². The number of hydrogen-bond donors (Lipinski definition) is 0. The normalized spacial score (nSPS) is 13.9. The van der Waals surface area contributed by atoms with Crippen LogP contribution in [0.15, 0.2) is 315 Å². The van der Waals surface area contributed by atoms with Crippen LogP contribution in [0, 0.1) is 0 Å². The van der Waals surface area contributed by atoms with E-state index in [1.807, 2.05) is 243 Å². The summed E-state index contributed by atoms with van der Waals surface area (Å²) in [6.07, 6.45) is -2.98. The van der Waals surface area contributed by atoms with E-state index in [0.717, 1.165) is 44.5 Å². The van der Waals surface area contributed by atoms with Crippen LogP contribution in [0.5, 0.6) is 23.0 Å². The monoisotopic (exact) mass is 1670 g/mol. The van der Waals surface area contributed by atoms with Crippen LogP contribution in [0.25, 0.3) is 0 Å². The molecule has 0 radical (unpaired) electrons. The molecule has 0 spiro atoms. The molecule has 20 heteroatoms. The van der Waals surface area contributed by atoms with Crippen LogP contribution in [0.2, 0.25) is 0 Å². The van der Waals surface area contributed by atoms with Crippen molar-refractivity contribution in [2.75, 3.05) is 52.9 Å². The van der Waals surface area contributed by atoms with E-state index in [-0.39, 0.29) is 131 Å². The van der Waals surface area contributed by atoms with Gasteiger partial charge in [0.25, 0.3) is 0 Å². The van der Waals surface area contributed by atoms with E-state index in [1.54, 1.807) is 72.8 Å². The largest absolute Gasteiger partial charge is 0.490 e. The summed E-state index contributed by atoms with van der Waals surface area (Å²) in [6, 6.07) is 99.5. The van der Waals surface area contributed by atoms with Crippen LogP contribution in [0.3, 0.4) is 0 Å². The molecule has 12 aromatic carbocycles. The molecule has 124 heavy (non-hydrogen) atoms. The van der Waals surface area contributed by atoms with E-state index in [0.29, 0.717) is 93.9 Å². The Morgan fingerprint density at radius 1 is 0.210 bits per heavy atom. The molecule has 4 unspecified atom stereocenters. The van der Waals surface area contributed by atoms with Gasteiger partial charge in [0.1, 0.15) is 100 Å². The first-order chi connectivity index (χ1) is 61.0. The third kappa shape index (κ3) is 31.1. The fraction of sp³-hybridized carbons (Fsp3) is 0.269. The molecule has 20 nitrogen and oxygen atoms in total. The maximum atomic E-state index is 14.3. The lowest BCUT2D eigenvalue weighted by molar-refractivity contribution is -0.145. The zero-order valence-electron chi connectivity index (χ0n) is 69.5. The molecule has 4 atom stereocenters. The molecule has 0 aliphatic carbocycles. The van der Waals surface area contributed by atoms with E-state index in [4.69, 9.17) is 75.8 Å². The van der Waals surface area contributed by atoms with Gasteiger partial charge in [0.2, 0.25) is 0 Å². The average molecular weight is 1670 g/mol. The number of ether oxygens (including phenoxy) is 16. The number of rotatable bonds is 40. The highest BCUT2D eigenvalue weighted by Crippen LogP contribution is 2.35. The van der Waals surface area contributed by atoms with Crippen molar-refractivity contribution in [3.8, 4) is 23.0 Å². The molecule has 0 aromatic heterocycles. The van der Waals surface area contributed by atoms with E-state index in [1.165, 1.54) is 0 Å². The van der Waals surface area contributed by atoms with Gasteiger partial charge < -0.3 is 75.8 Å². The van der Waals surface area contributed by atoms with E-state index < -0.39 is 48.3 Å². The van der Waals surface area contributed by atoms with Crippen LogP contribution in [0.1, 0.15) is 89.0 Å². The zero-order chi connectivity index (χ0) is 85.2. The minimum Gasteiger partial charge on any atom is -0.490 e. The Bertz CT molecular complexity index is 4500. The molecule has 7 heterocycles. The first kappa shape index (κ1) is 89.2. The van der Waals surface area contributed by atoms with E-state index >= 15 is 0 Å². The predicted octanol–water partition coefficient (Wildman–Crippen LogP) is 17.9. The molecule has 0 saturated heterocycles. The van der Waals surface area contributed by atoms with Crippen molar-refractivity contribution in [3.05, 3.63) is 404 Å². The van der Waals surface area contributed by atoms with Gasteiger partial charge in [0.05, 0.1) is 105 Å². The molecular weight excluding hydrogens is 1570 g/mol. The lowest BCUT2D eigenvalue weighted by Crippen LogP contribution is -2.28. The van der Waals surface area contributed by atoms with Gasteiger partial charge in [-0.2, -0.15) is 0 Å². The zero-order valence-corrected chi connectivity index (χ0v) is 69.5. The lowest BCUT2D eigenvalue weighted by atomic mass is 10.1. The van der Waals surface area contributed by atoms with Gasteiger partial charge in [-0.1, -0.05) is 291 Å². The Morgan fingerprint density at radius 2 is 0.379 bits per heavy atom. The van der Waals surface area contributed by atoms with Gasteiger partial charge in [0, 0.05) is 22.3 Å². The standard InChI is InChI=1S/C104H104O20/c105-101-49-77-41-43-79(44-42-77)51-103(107)123-67-91-55-100(120-76-96(116-64-88-39-23-8-24-40-88)72-112-60-84-31-15-4-16-32-84)92(56-99(91)119-75-95(115-63-87-37-21-7-22-38-87)71-111-59-83-29-13-3-14-30-83)68-124-104(108)52-80-47-45-78(46-48-80)50-102(106)122-66-90-53-97(117-73-93(113-61-85-33-17-5-18-34-85)69-109-57-81-25-9-1-10-26-81)89(65-121-101)54-98(90)118-74-94(114-62-86-35-19-6-20-36-86)70-110-58-82-27-11-2-12-28-82/h1-48,53-56,93-96H,49-52,57-76H2. The summed E-state index contributed by atoms with van der Waals surface area (Å²) in [5, 5.41) is 0. The van der Waals surface area contributed by atoms with Crippen LogP contribution in [-0.2, 0) is 181 Å². The first-order valence-corrected chi connectivity index (χ1v) is 41.7. The molecule has 640 valence electrons. The molecule has 19 rings (SSSR count). The number of carbonyl (C=O) groups excluding carboxylic acids is 4. The molecule has 0 amide bonds. The Hall–Kier alpha value is -12.6. The average Bonchev–Trinajstić information content (AvgIpc) is 0.821. The van der Waals surface area contributed by atoms with E-state index in [9.17, 15) is 19.2 Å². The smallest absolute Gasteiger partial charge is 0.310 e. The molecule has 7 aliphatic heterocycles. The number of carbonyl (C=O) groups is 4. The van der Waals surface area contributed by atoms with Crippen LogP contribution in [0.4, 0.5) is 0 Å². The Labute approximate surface area is 724 Å². The van der Waals surface area contributed by atoms with Gasteiger partial charge in [-0.15, -0.1) is 0 Å². The molecule has 7 aliphatic rings. The summed E-state index contributed by atoms with van der Waals surface area (Å²) in [5.74, 6) is -1.07. The minimum atomic E-state index is -0.606. The Morgan fingerprint density at radius 3 is 0.556 bits per heavy atom. The summed E-state index contributed by atoms with van der Waals surface area (Å²) in [4.78, 5) is 57.2. The fourth-order valence-corrected chi connectivity index (χ4v) is 13.3. The summed E-state index contributed by atoms with van der Waals surface area (Å²) in [7, 11) is 0. The van der Waals surface area contributed by atoms with Gasteiger partial charge in [-0.3, -0.25) is 19.2 Å². The van der Waals surface area contributed by atoms with Crippen LogP contribution in [-0.4, -0.2) is 101 Å². The SMILES string of the molecule is O=C1Cc2ccc(cc2)CC(=O)OCc2cc(OCC(COCc3ccccc3)OCc3ccccc3)c(cc2OCC(COCc2ccccc2)OCc2ccccc2)COC(=O)Cc2ccc(cc2)CC(=O)OCc2cc(OCC(COCc3ccccc3)OCc3ccccc3)c(cc2OCC(COCc2ccccc2)OCc2ccccc2)CO1. The molecule has 12 aromatic rings. The third-order valence-electron chi connectivity index (χ3n) is 20.2. The quantitative estimate of drug-likeness (QED) is 0.0258. The molecular formula is C104H104O20. The minimum absolute atomic E-state index is 0.0135. The molecule has 8 bridgehead atoms. The Kier molecular flexibility index (Phi) is 35.6. The first-order valence-electron chi connectivity index (χ1n) is 41.7. The van der Waals surface area contributed by atoms with Crippen molar-refractivity contribution in [2.45, 2.75) is 129 Å². The van der Waals surface area contributed by atoms with Crippen molar-refractivity contribution in [3.63, 3.8) is 0 Å². The maximum Gasteiger partial charge on any atom is 0.310 e. The topological polar surface area (TPSA) is 216 Å². The summed E-state index contributed by atoms with van der Waals surface area (Å²) >= 11 is 0. The predicted molar refractivity (Wildman–Crippen MR) is 466 cm³/mol. The summed E-state index contributed by atoms with van der Waals surface area (Å²) in [5.41, 5.74) is 11.9. The highest BCUT2D eigenvalue weighted by Gasteiger charge is 2.25. The molecule has 0 N–H and O–H groups in total. The molecule has 0 fully saturated rings. The summed E-state index contributed by atoms with van der Waals surface area (Å²) < 4.78 is 103. The maximum absolute atomic E-state index is 14.3. The van der Waals surface area contributed by atoms with Gasteiger partial charge in [-0.05, 0) is 91.0 Å². The summed E-state index contributed by atoms with van der Waals surface area (Å²) in [6.45, 7) is 1.80. The van der Waals surface area contributed by atoms with Crippen LogP contribution < -0.4 is 18.9 Å². The van der Waals surface area contributed by atoms with Crippen molar-refractivity contribution in [2.24, 2.45) is 0 Å². The van der Waals surface area contributed by atoms with Crippen molar-refractivity contribution in [1.29, 1.82) is 0 Å². The number of esters is 4. The Balaban J connectivity index is 0.789. The fourth-order valence-electron chi connectivity index (χ4n) is 13.3. The van der Waals surface area contributed by atoms with Crippen molar-refractivity contribution >= 4 is 23.9 Å². The van der Waals surface area contributed by atoms with Gasteiger partial charge in [-0.25, -0.2) is 0 Å². The second kappa shape index (κ2) is 49.5. The van der Waals surface area contributed by atoms with Crippen LogP contribution >= 0.6 is 0 Å². The second-order valence-electron chi connectivity index (χ2n) is 30.0. The van der Waals surface area contributed by atoms with Crippen molar-refractivity contribution < 1.29 is 95.0 Å². The number of benzene rings is 12. The van der Waals surface area contributed by atoms with Gasteiger partial charge in [0.15, 0.2) is 0 Å². The second-order valence-corrected chi connectivity index (χ2v) is 30.0. The highest BCUT2D eigenvalue weighted by atomic mass is 16.6. The lowest BCUT2D eigenvalue weighted by Gasteiger charge is -2.23.